The first kappa shape index (κ1) is 25.1. The first-order chi connectivity index (χ1) is 16.4. The van der Waals surface area contributed by atoms with Crippen molar-refractivity contribution in [3.8, 4) is 0 Å². The van der Waals surface area contributed by atoms with Crippen LogP contribution in [0.5, 0.6) is 0 Å². The van der Waals surface area contributed by atoms with Crippen LogP contribution in [0, 0.1) is 11.8 Å². The van der Waals surface area contributed by atoms with Gasteiger partial charge in [-0.3, -0.25) is 19.9 Å². The third-order valence-corrected chi connectivity index (χ3v) is 7.09. The Balaban J connectivity index is 1.63. The highest BCUT2D eigenvalue weighted by atomic mass is 16.6. The number of aromatic nitrogens is 1. The van der Waals surface area contributed by atoms with E-state index in [4.69, 9.17) is 4.74 Å². The van der Waals surface area contributed by atoms with E-state index >= 15 is 0 Å². The van der Waals surface area contributed by atoms with Crippen LogP contribution in [0.25, 0.3) is 10.9 Å². The number of pyridine rings is 1. The number of nitrogens with zero attached hydrogens (tertiary/aromatic N) is 2. The summed E-state index contributed by atoms with van der Waals surface area (Å²) in [4.78, 5) is 42.8. The second kappa shape index (κ2) is 9.22. The standard InChI is InChI=1S/C27H35N3O5/c1-16(2)21-15-30(25(33)35-26(3,4)5)11-10-27(21,34)19-6-8-22-17(13-19)12-18(14-28-22)20-7-9-23(31)29-24(20)32/h6,8,12-14,16,20-21,34H,7,9-11,15H2,1-5H3,(H,29,31,32). The van der Waals surface area contributed by atoms with Crippen molar-refractivity contribution >= 4 is 28.8 Å². The molecule has 2 fully saturated rings. The van der Waals surface area contributed by atoms with Gasteiger partial charge in [0, 0.05) is 37.0 Å². The van der Waals surface area contributed by atoms with E-state index in [1.165, 1.54) is 0 Å². The van der Waals surface area contributed by atoms with E-state index in [2.05, 4.69) is 24.1 Å². The van der Waals surface area contributed by atoms with Gasteiger partial charge in [-0.25, -0.2) is 4.79 Å². The van der Waals surface area contributed by atoms with Crippen molar-refractivity contribution in [2.45, 2.75) is 71.0 Å². The van der Waals surface area contributed by atoms with Gasteiger partial charge >= 0.3 is 6.09 Å². The maximum absolute atomic E-state index is 12.7. The number of carbonyl (C=O) groups excluding carboxylic acids is 3. The summed E-state index contributed by atoms with van der Waals surface area (Å²) in [5.41, 5.74) is 0.595. The Morgan fingerprint density at radius 3 is 2.66 bits per heavy atom. The molecule has 2 aliphatic heterocycles. The molecule has 8 nitrogen and oxygen atoms in total. The van der Waals surface area contributed by atoms with Gasteiger partial charge in [0.2, 0.25) is 11.8 Å². The van der Waals surface area contributed by atoms with E-state index in [0.717, 1.165) is 22.0 Å². The van der Waals surface area contributed by atoms with Gasteiger partial charge < -0.3 is 14.7 Å². The molecule has 1 aromatic carbocycles. The van der Waals surface area contributed by atoms with Gasteiger partial charge in [0.1, 0.15) is 5.60 Å². The molecule has 35 heavy (non-hydrogen) atoms. The molecule has 3 unspecified atom stereocenters. The summed E-state index contributed by atoms with van der Waals surface area (Å²) < 4.78 is 5.57. The van der Waals surface area contributed by atoms with Crippen LogP contribution in [-0.2, 0) is 19.9 Å². The van der Waals surface area contributed by atoms with E-state index in [-0.39, 0.29) is 29.7 Å². The summed E-state index contributed by atoms with van der Waals surface area (Å²) in [6, 6.07) is 7.65. The quantitative estimate of drug-likeness (QED) is 0.645. The third kappa shape index (κ3) is 5.17. The zero-order valence-electron chi connectivity index (χ0n) is 21.1. The minimum absolute atomic E-state index is 0.119. The molecule has 3 heterocycles. The summed E-state index contributed by atoms with van der Waals surface area (Å²) in [6.07, 6.45) is 2.48. The number of nitrogens with one attached hydrogen (secondary N) is 1. The van der Waals surface area contributed by atoms with Crippen LogP contribution in [0.4, 0.5) is 4.79 Å². The number of fused-ring (bicyclic) bond motifs is 1. The molecule has 2 aromatic rings. The van der Waals surface area contributed by atoms with Crippen molar-refractivity contribution in [2.24, 2.45) is 11.8 Å². The summed E-state index contributed by atoms with van der Waals surface area (Å²) >= 11 is 0. The fourth-order valence-electron chi connectivity index (χ4n) is 5.20. The van der Waals surface area contributed by atoms with E-state index in [9.17, 15) is 19.5 Å². The second-order valence-corrected chi connectivity index (χ2v) is 11.1. The van der Waals surface area contributed by atoms with E-state index in [1.54, 1.807) is 11.1 Å². The van der Waals surface area contributed by atoms with Crippen molar-refractivity contribution in [3.05, 3.63) is 41.6 Å². The minimum Gasteiger partial charge on any atom is -0.444 e. The lowest BCUT2D eigenvalue weighted by molar-refractivity contribution is -0.134. The van der Waals surface area contributed by atoms with Gasteiger partial charge in [0.25, 0.3) is 0 Å². The molecule has 0 saturated carbocycles. The van der Waals surface area contributed by atoms with Crippen molar-refractivity contribution in [1.82, 2.24) is 15.2 Å². The Kier molecular flexibility index (Phi) is 6.62. The lowest BCUT2D eigenvalue weighted by atomic mass is 9.71. The smallest absolute Gasteiger partial charge is 0.410 e. The van der Waals surface area contributed by atoms with Crippen LogP contribution in [-0.4, -0.2) is 51.6 Å². The molecular formula is C27H35N3O5. The molecule has 2 aliphatic rings. The summed E-state index contributed by atoms with van der Waals surface area (Å²) in [5, 5.41) is 15.2. The maximum Gasteiger partial charge on any atom is 0.410 e. The van der Waals surface area contributed by atoms with Crippen LogP contribution in [0.15, 0.2) is 30.5 Å². The highest BCUT2D eigenvalue weighted by molar-refractivity contribution is 6.01. The van der Waals surface area contributed by atoms with Crippen molar-refractivity contribution in [1.29, 1.82) is 0 Å². The third-order valence-electron chi connectivity index (χ3n) is 7.09. The van der Waals surface area contributed by atoms with Gasteiger partial charge in [0.05, 0.1) is 17.0 Å². The topological polar surface area (TPSA) is 109 Å². The average Bonchev–Trinajstić information content (AvgIpc) is 2.77. The number of amides is 3. The fourth-order valence-corrected chi connectivity index (χ4v) is 5.20. The van der Waals surface area contributed by atoms with Gasteiger partial charge in [-0.15, -0.1) is 0 Å². The number of imide groups is 1. The number of aliphatic hydroxyl groups is 1. The molecule has 1 aromatic heterocycles. The number of carbonyl (C=O) groups is 3. The Morgan fingerprint density at radius 2 is 2.00 bits per heavy atom. The van der Waals surface area contributed by atoms with Crippen LogP contribution in [0.3, 0.4) is 0 Å². The summed E-state index contributed by atoms with van der Waals surface area (Å²) in [7, 11) is 0. The van der Waals surface area contributed by atoms with Gasteiger partial charge in [0.15, 0.2) is 0 Å². The second-order valence-electron chi connectivity index (χ2n) is 11.1. The zero-order valence-corrected chi connectivity index (χ0v) is 21.1. The van der Waals surface area contributed by atoms with E-state index in [0.29, 0.717) is 32.4 Å². The lowest BCUT2D eigenvalue weighted by Gasteiger charge is -2.46. The van der Waals surface area contributed by atoms with Crippen LogP contribution in [0.2, 0.25) is 0 Å². The number of hydrogen-bond donors (Lipinski definition) is 2. The Bertz CT molecular complexity index is 1160. The Hall–Kier alpha value is -3.00. The first-order valence-corrected chi connectivity index (χ1v) is 12.3. The van der Waals surface area contributed by atoms with E-state index in [1.807, 2.05) is 45.0 Å². The molecule has 0 spiro atoms. The predicted molar refractivity (Wildman–Crippen MR) is 132 cm³/mol. The molecule has 0 aliphatic carbocycles. The van der Waals surface area contributed by atoms with Crippen LogP contribution < -0.4 is 5.32 Å². The molecule has 4 rings (SSSR count). The number of rotatable bonds is 3. The van der Waals surface area contributed by atoms with Crippen molar-refractivity contribution in [3.63, 3.8) is 0 Å². The van der Waals surface area contributed by atoms with Gasteiger partial charge in [-0.2, -0.15) is 0 Å². The molecule has 0 bridgehead atoms. The molecule has 0 radical (unpaired) electrons. The number of benzene rings is 1. The molecule has 2 N–H and O–H groups in total. The number of hydrogen-bond acceptors (Lipinski definition) is 6. The highest BCUT2D eigenvalue weighted by Gasteiger charge is 2.46. The zero-order chi connectivity index (χ0) is 25.5. The summed E-state index contributed by atoms with van der Waals surface area (Å²) in [6.45, 7) is 10.4. The van der Waals surface area contributed by atoms with Gasteiger partial charge in [-0.1, -0.05) is 19.9 Å². The minimum atomic E-state index is -1.12. The monoisotopic (exact) mass is 481 g/mol. The van der Waals surface area contributed by atoms with Crippen molar-refractivity contribution < 1.29 is 24.2 Å². The van der Waals surface area contributed by atoms with Gasteiger partial charge in [-0.05, 0) is 68.9 Å². The Morgan fingerprint density at radius 1 is 1.26 bits per heavy atom. The van der Waals surface area contributed by atoms with Crippen LogP contribution >= 0.6 is 0 Å². The summed E-state index contributed by atoms with van der Waals surface area (Å²) in [5.74, 6) is -1.04. The molecular weight excluding hydrogens is 446 g/mol. The Labute approximate surface area is 206 Å². The predicted octanol–water partition coefficient (Wildman–Crippen LogP) is 3.86. The first-order valence-electron chi connectivity index (χ1n) is 12.3. The molecule has 8 heteroatoms. The largest absolute Gasteiger partial charge is 0.444 e. The molecule has 3 amide bonds. The fraction of sp³-hybridized carbons (Fsp3) is 0.556. The molecule has 188 valence electrons. The lowest BCUT2D eigenvalue weighted by Crippen LogP contribution is -2.54. The number of likely N-dealkylation sites (tertiary alicyclic amines) is 1. The number of piperidine rings is 2. The van der Waals surface area contributed by atoms with Crippen molar-refractivity contribution in [2.75, 3.05) is 13.1 Å². The number of ether oxygens (including phenoxy) is 1. The van der Waals surface area contributed by atoms with Crippen LogP contribution in [0.1, 0.15) is 70.9 Å². The SMILES string of the molecule is CC(C)C1CN(C(=O)OC(C)(C)C)CCC1(O)c1ccc2ncc(C3CCC(=O)NC3=O)cc2c1. The normalized spacial score (nSPS) is 25.6. The molecule has 2 saturated heterocycles. The highest BCUT2D eigenvalue weighted by Crippen LogP contribution is 2.42. The average molecular weight is 482 g/mol. The maximum atomic E-state index is 12.7. The van der Waals surface area contributed by atoms with E-state index < -0.39 is 17.1 Å². The molecule has 3 atom stereocenters.